The van der Waals surface area contributed by atoms with Gasteiger partial charge in [0, 0.05) is 19.4 Å². The number of nitrogens with one attached hydrogen (secondary N) is 1. The number of aliphatic hydroxyl groups is 1. The Morgan fingerprint density at radius 3 is 2.60 bits per heavy atom. The van der Waals surface area contributed by atoms with Crippen LogP contribution in [0.15, 0.2) is 12.2 Å². The first kappa shape index (κ1) is 25.7. The Morgan fingerprint density at radius 2 is 1.86 bits per heavy atom. The molecule has 2 amide bonds. The summed E-state index contributed by atoms with van der Waals surface area (Å²) in [5, 5.41) is 13.1. The molecule has 2 aliphatic heterocycles. The second kappa shape index (κ2) is 11.1. The van der Waals surface area contributed by atoms with Crippen LogP contribution in [0.2, 0.25) is 0 Å². The normalized spacial score (nSPS) is 35.3. The molecule has 0 aromatic rings. The Hall–Kier alpha value is -2.42. The Labute approximate surface area is 206 Å². The number of Topliss-reactive ketones (excluding diaryl/α,β-unsaturated/α-hetero) is 1. The topological polar surface area (TPSA) is 122 Å². The van der Waals surface area contributed by atoms with Crippen LogP contribution in [0.25, 0.3) is 0 Å². The predicted molar refractivity (Wildman–Crippen MR) is 126 cm³/mol. The quantitative estimate of drug-likeness (QED) is 0.461. The third kappa shape index (κ3) is 5.88. The molecule has 2 heterocycles. The lowest BCUT2D eigenvalue weighted by Gasteiger charge is -2.29. The van der Waals surface area contributed by atoms with Crippen LogP contribution in [0.1, 0.15) is 77.0 Å². The molecule has 0 spiro atoms. The van der Waals surface area contributed by atoms with Crippen molar-refractivity contribution in [1.29, 1.82) is 0 Å². The molecule has 1 saturated heterocycles. The van der Waals surface area contributed by atoms with Crippen molar-refractivity contribution in [2.45, 2.75) is 101 Å². The number of ketones is 1. The van der Waals surface area contributed by atoms with Gasteiger partial charge in [-0.2, -0.15) is 0 Å². The van der Waals surface area contributed by atoms with Crippen LogP contribution in [-0.4, -0.2) is 71.7 Å². The fourth-order valence-electron chi connectivity index (χ4n) is 5.93. The van der Waals surface area contributed by atoms with Gasteiger partial charge in [0.2, 0.25) is 5.91 Å². The fourth-order valence-corrected chi connectivity index (χ4v) is 5.93. The number of hydrogen-bond acceptors (Lipinski definition) is 7. The Bertz CT molecular complexity index is 853. The van der Waals surface area contributed by atoms with Crippen LogP contribution in [-0.2, 0) is 23.9 Å². The molecule has 0 bridgehead atoms. The summed E-state index contributed by atoms with van der Waals surface area (Å²) in [6, 6.07) is -1.65. The van der Waals surface area contributed by atoms with Crippen LogP contribution < -0.4 is 5.32 Å². The molecular weight excluding hydrogens is 452 g/mol. The summed E-state index contributed by atoms with van der Waals surface area (Å²) in [5.41, 5.74) is -0.895. The maximum Gasteiger partial charge on any atom is 0.408 e. The number of methoxy groups -OCH3 is 1. The van der Waals surface area contributed by atoms with Gasteiger partial charge in [-0.3, -0.25) is 14.4 Å². The monoisotopic (exact) mass is 490 g/mol. The number of nitrogens with zero attached hydrogens (tertiary/aromatic N) is 1. The van der Waals surface area contributed by atoms with Crippen molar-refractivity contribution in [2.75, 3.05) is 13.7 Å². The number of hydrogen-bond donors (Lipinski definition) is 2. The molecule has 9 heteroatoms. The number of alkyl carbamates (subject to hydrolysis) is 1. The van der Waals surface area contributed by atoms with Crippen molar-refractivity contribution in [1.82, 2.24) is 10.2 Å². The highest BCUT2D eigenvalue weighted by atomic mass is 16.6. The minimum atomic E-state index is -0.895. The molecule has 4 rings (SSSR count). The number of fused-ring (bicyclic) bond motifs is 2. The van der Waals surface area contributed by atoms with Crippen LogP contribution >= 0.6 is 0 Å². The highest BCUT2D eigenvalue weighted by molar-refractivity contribution is 5.96. The van der Waals surface area contributed by atoms with Gasteiger partial charge in [-0.25, -0.2) is 4.79 Å². The number of carbonyl (C=O) groups is 4. The number of amides is 2. The molecule has 5 atom stereocenters. The number of aliphatic hydroxyl groups excluding tert-OH is 1. The fraction of sp³-hybridized carbons (Fsp3) is 0.769. The molecular formula is C26H38N2O7. The van der Waals surface area contributed by atoms with Crippen LogP contribution in [0.4, 0.5) is 4.79 Å². The maximum atomic E-state index is 13.6. The molecule has 0 aromatic carbocycles. The zero-order chi connectivity index (χ0) is 25.0. The number of esters is 1. The van der Waals surface area contributed by atoms with Crippen LogP contribution in [0, 0.1) is 11.3 Å². The molecule has 3 fully saturated rings. The van der Waals surface area contributed by atoms with Crippen molar-refractivity contribution in [3.8, 4) is 0 Å². The minimum absolute atomic E-state index is 0.0274. The summed E-state index contributed by atoms with van der Waals surface area (Å²) < 4.78 is 10.5. The minimum Gasteiger partial charge on any atom is -0.469 e. The number of allylic oxidation sites excluding steroid dienone is 2. The van der Waals surface area contributed by atoms with E-state index in [1.54, 1.807) is 0 Å². The summed E-state index contributed by atoms with van der Waals surface area (Å²) in [6.07, 6.45) is 10.7. The summed E-state index contributed by atoms with van der Waals surface area (Å²) in [6.45, 7) is 0.0274. The lowest BCUT2D eigenvalue weighted by Crippen LogP contribution is -2.52. The van der Waals surface area contributed by atoms with Gasteiger partial charge in [0.05, 0.1) is 24.7 Å². The van der Waals surface area contributed by atoms with Crippen LogP contribution in [0.5, 0.6) is 0 Å². The molecule has 194 valence electrons. The van der Waals surface area contributed by atoms with Crippen molar-refractivity contribution < 1.29 is 33.8 Å². The van der Waals surface area contributed by atoms with E-state index in [2.05, 4.69) is 11.4 Å². The second-order valence-electron chi connectivity index (χ2n) is 10.6. The molecule has 4 aliphatic rings. The highest BCUT2D eigenvalue weighted by Crippen LogP contribution is 2.57. The van der Waals surface area contributed by atoms with E-state index < -0.39 is 35.7 Å². The first-order chi connectivity index (χ1) is 16.8. The van der Waals surface area contributed by atoms with E-state index in [4.69, 9.17) is 9.47 Å². The average molecular weight is 491 g/mol. The van der Waals surface area contributed by atoms with E-state index in [0.717, 1.165) is 51.4 Å². The Balaban J connectivity index is 1.52. The Kier molecular flexibility index (Phi) is 8.14. The third-order valence-electron chi connectivity index (χ3n) is 8.05. The van der Waals surface area contributed by atoms with Gasteiger partial charge in [-0.1, -0.05) is 25.0 Å². The van der Waals surface area contributed by atoms with Gasteiger partial charge in [-0.15, -0.1) is 0 Å². The Morgan fingerprint density at radius 1 is 1.11 bits per heavy atom. The number of carbonyl (C=O) groups excluding carboxylic acids is 4. The molecule has 35 heavy (non-hydrogen) atoms. The molecule has 9 nitrogen and oxygen atoms in total. The first-order valence-electron chi connectivity index (χ1n) is 13.1. The molecule has 0 unspecified atom stereocenters. The maximum absolute atomic E-state index is 13.6. The zero-order valence-corrected chi connectivity index (χ0v) is 20.6. The molecule has 2 aliphatic carbocycles. The third-order valence-corrected chi connectivity index (χ3v) is 8.05. The molecule has 0 radical (unpaired) electrons. The van der Waals surface area contributed by atoms with E-state index in [1.165, 1.54) is 12.0 Å². The van der Waals surface area contributed by atoms with Crippen molar-refractivity contribution >= 4 is 23.8 Å². The average Bonchev–Trinajstić information content (AvgIpc) is 3.14. The van der Waals surface area contributed by atoms with Crippen LogP contribution in [0.3, 0.4) is 0 Å². The second-order valence-corrected chi connectivity index (χ2v) is 10.6. The first-order valence-corrected chi connectivity index (χ1v) is 13.1. The standard InChI is InChI=1S/C26H38N2O7/c1-34-24(32)26-14-17(26)9-5-3-2-4-6-12-20(27-25(33)35-19-10-7-8-11-19)23(31)28-16-18(29)13-21(28)22(30)15-26/h5,9,17-21,29H,2-4,6-8,10-16H2,1H3,(H,27,33)/b9-5-/t17-,18+,20-,21-,26+/m0/s1. The number of ether oxygens (including phenoxy) is 2. The smallest absolute Gasteiger partial charge is 0.408 e. The van der Waals surface area contributed by atoms with Gasteiger partial charge >= 0.3 is 12.1 Å². The van der Waals surface area contributed by atoms with E-state index in [1.807, 2.05) is 6.08 Å². The van der Waals surface area contributed by atoms with E-state index >= 15 is 0 Å². The predicted octanol–water partition coefficient (Wildman–Crippen LogP) is 2.64. The van der Waals surface area contributed by atoms with Gasteiger partial charge in [0.1, 0.15) is 12.1 Å². The zero-order valence-electron chi connectivity index (χ0n) is 20.6. The molecule has 2 N–H and O–H groups in total. The summed E-state index contributed by atoms with van der Waals surface area (Å²) in [7, 11) is 1.33. The van der Waals surface area contributed by atoms with Crippen molar-refractivity contribution in [2.24, 2.45) is 11.3 Å². The molecule has 0 aromatic heterocycles. The van der Waals surface area contributed by atoms with Gasteiger partial charge in [0.15, 0.2) is 5.78 Å². The van der Waals surface area contributed by atoms with Crippen molar-refractivity contribution in [3.05, 3.63) is 12.2 Å². The largest absolute Gasteiger partial charge is 0.469 e. The summed E-state index contributed by atoms with van der Waals surface area (Å²) in [4.78, 5) is 53.5. The van der Waals surface area contributed by atoms with Crippen molar-refractivity contribution in [3.63, 3.8) is 0 Å². The van der Waals surface area contributed by atoms with E-state index in [9.17, 15) is 24.3 Å². The lowest BCUT2D eigenvalue weighted by atomic mass is 9.92. The summed E-state index contributed by atoms with van der Waals surface area (Å²) >= 11 is 0. The van der Waals surface area contributed by atoms with E-state index in [0.29, 0.717) is 12.8 Å². The lowest BCUT2D eigenvalue weighted by molar-refractivity contribution is -0.150. The molecule has 2 saturated carbocycles. The van der Waals surface area contributed by atoms with Gasteiger partial charge in [-0.05, 0) is 57.3 Å². The van der Waals surface area contributed by atoms with E-state index in [-0.39, 0.29) is 43.1 Å². The highest BCUT2D eigenvalue weighted by Gasteiger charge is 2.61. The number of rotatable bonds is 3. The summed E-state index contributed by atoms with van der Waals surface area (Å²) in [5.74, 6) is -1.09. The SMILES string of the molecule is COC(=O)[C@]12CC(=O)[C@@H]3C[C@@H](O)CN3C(=O)[C@@H](NC(=O)OC3CCCC3)CCCCC/C=C\[C@H]1C2. The van der Waals surface area contributed by atoms with Gasteiger partial charge < -0.3 is 24.8 Å². The van der Waals surface area contributed by atoms with Gasteiger partial charge in [0.25, 0.3) is 0 Å².